The van der Waals surface area contributed by atoms with Gasteiger partial charge in [-0.25, -0.2) is 0 Å². The summed E-state index contributed by atoms with van der Waals surface area (Å²) in [5.74, 6) is 0. The Morgan fingerprint density at radius 2 is 1.64 bits per heavy atom. The van der Waals surface area contributed by atoms with E-state index in [4.69, 9.17) is 0 Å². The number of hydrogen-bond acceptors (Lipinski definition) is 1. The zero-order valence-electron chi connectivity index (χ0n) is 17.8. The molecule has 0 fully saturated rings. The average molecular weight is 372 g/mol. The second kappa shape index (κ2) is 9.59. The third-order valence-electron chi connectivity index (χ3n) is 5.63. The molecule has 0 heterocycles. The summed E-state index contributed by atoms with van der Waals surface area (Å²) in [6, 6.07) is 18.0. The lowest BCUT2D eigenvalue weighted by Crippen LogP contribution is -2.27. The number of hydrogen-bond donors (Lipinski definition) is 1. The van der Waals surface area contributed by atoms with Crippen LogP contribution in [0.4, 0.5) is 0 Å². The van der Waals surface area contributed by atoms with Crippen molar-refractivity contribution >= 4 is 23.0 Å². The first-order chi connectivity index (χ1) is 13.8. The number of aryl methyl sites for hydroxylation is 3. The Kier molecular flexibility index (Phi) is 6.92. The molecular formula is C27H33N. The minimum absolute atomic E-state index is 0.984. The van der Waals surface area contributed by atoms with E-state index in [9.17, 15) is 0 Å². The Balaban J connectivity index is 0.00000109. The van der Waals surface area contributed by atoms with Crippen LogP contribution in [-0.4, -0.2) is 7.05 Å². The number of fused-ring (bicyclic) bond motifs is 2. The summed E-state index contributed by atoms with van der Waals surface area (Å²) in [6.45, 7) is 6.27. The average Bonchev–Trinajstić information content (AvgIpc) is 2.74. The van der Waals surface area contributed by atoms with Crippen LogP contribution in [0.5, 0.6) is 0 Å². The van der Waals surface area contributed by atoms with Crippen LogP contribution in [0.1, 0.15) is 48.9 Å². The number of benzene rings is 3. The van der Waals surface area contributed by atoms with Crippen molar-refractivity contribution in [2.45, 2.75) is 52.9 Å². The molecule has 4 rings (SSSR count). The Hall–Kier alpha value is -2.54. The van der Waals surface area contributed by atoms with Gasteiger partial charge in [-0.15, -0.1) is 0 Å². The Bertz CT molecular complexity index is 1060. The molecule has 0 bridgehead atoms. The van der Waals surface area contributed by atoms with Gasteiger partial charge in [0.15, 0.2) is 0 Å². The first kappa shape index (κ1) is 20.2. The maximum Gasteiger partial charge on any atom is 0.00413 e. The van der Waals surface area contributed by atoms with Crippen molar-refractivity contribution < 1.29 is 0 Å². The molecule has 0 amide bonds. The van der Waals surface area contributed by atoms with E-state index < -0.39 is 0 Å². The molecule has 0 unspecified atom stereocenters. The second-order valence-corrected chi connectivity index (χ2v) is 7.39. The summed E-state index contributed by atoms with van der Waals surface area (Å²) in [4.78, 5) is 0. The molecule has 0 saturated carbocycles. The Morgan fingerprint density at radius 1 is 0.929 bits per heavy atom. The van der Waals surface area contributed by atoms with Crippen molar-refractivity contribution in [3.8, 4) is 0 Å². The molecule has 0 aromatic heterocycles. The predicted octanol–water partition coefficient (Wildman–Crippen LogP) is 5.03. The van der Waals surface area contributed by atoms with Crippen molar-refractivity contribution in [1.82, 2.24) is 5.32 Å². The third-order valence-corrected chi connectivity index (χ3v) is 5.63. The largest absolute Gasteiger partial charge is 0.393 e. The van der Waals surface area contributed by atoms with Crippen molar-refractivity contribution in [2.24, 2.45) is 0 Å². The third kappa shape index (κ3) is 4.30. The van der Waals surface area contributed by atoms with E-state index >= 15 is 0 Å². The van der Waals surface area contributed by atoms with Crippen LogP contribution in [0.15, 0.2) is 48.5 Å². The normalized spacial score (nSPS) is 14.4. The number of rotatable bonds is 3. The highest BCUT2D eigenvalue weighted by Crippen LogP contribution is 2.25. The van der Waals surface area contributed by atoms with Crippen LogP contribution in [0, 0.1) is 6.92 Å². The molecule has 28 heavy (non-hydrogen) atoms. The zero-order chi connectivity index (χ0) is 19.9. The van der Waals surface area contributed by atoms with E-state index in [-0.39, 0.29) is 0 Å². The van der Waals surface area contributed by atoms with Gasteiger partial charge in [-0.05, 0) is 82.5 Å². The first-order valence-corrected chi connectivity index (χ1v) is 10.7. The summed E-state index contributed by atoms with van der Waals surface area (Å²) in [7, 11) is 1.96. The SMILES string of the molecule is CC.CN/C=c1/ccc2ccccc2/c1=C/Cc1cc2c(cc1C)CCCC2. The molecule has 1 aliphatic carbocycles. The van der Waals surface area contributed by atoms with Crippen LogP contribution in [0.25, 0.3) is 23.0 Å². The van der Waals surface area contributed by atoms with Crippen molar-refractivity contribution in [2.75, 3.05) is 7.05 Å². The quantitative estimate of drug-likeness (QED) is 0.680. The molecule has 1 heteroatoms. The number of nitrogens with one attached hydrogen (secondary N) is 1. The van der Waals surface area contributed by atoms with E-state index in [2.05, 4.69) is 73.0 Å². The van der Waals surface area contributed by atoms with Crippen LogP contribution >= 0.6 is 0 Å². The fraction of sp³-hybridized carbons (Fsp3) is 0.333. The van der Waals surface area contributed by atoms with E-state index in [1.165, 1.54) is 58.0 Å². The van der Waals surface area contributed by atoms with Gasteiger partial charge in [0.05, 0.1) is 0 Å². The van der Waals surface area contributed by atoms with Gasteiger partial charge in [0.1, 0.15) is 0 Å². The lowest BCUT2D eigenvalue weighted by Gasteiger charge is -2.18. The fourth-order valence-electron chi connectivity index (χ4n) is 4.21. The van der Waals surface area contributed by atoms with Crippen LogP contribution in [-0.2, 0) is 19.3 Å². The summed E-state index contributed by atoms with van der Waals surface area (Å²) in [6.07, 6.45) is 10.7. The molecule has 0 aliphatic heterocycles. The van der Waals surface area contributed by atoms with Gasteiger partial charge in [-0.3, -0.25) is 0 Å². The van der Waals surface area contributed by atoms with Crippen molar-refractivity contribution in [1.29, 1.82) is 0 Å². The summed E-state index contributed by atoms with van der Waals surface area (Å²) in [5.41, 5.74) is 6.05. The zero-order valence-corrected chi connectivity index (χ0v) is 17.8. The summed E-state index contributed by atoms with van der Waals surface area (Å²) in [5, 5.41) is 8.40. The minimum Gasteiger partial charge on any atom is -0.393 e. The molecule has 146 valence electrons. The van der Waals surface area contributed by atoms with E-state index in [0.717, 1.165) is 6.42 Å². The highest BCUT2D eigenvalue weighted by atomic mass is 14.8. The maximum absolute atomic E-state index is 3.19. The predicted molar refractivity (Wildman–Crippen MR) is 124 cm³/mol. The van der Waals surface area contributed by atoms with Gasteiger partial charge in [-0.2, -0.15) is 0 Å². The lowest BCUT2D eigenvalue weighted by atomic mass is 9.87. The molecule has 1 nitrogen and oxygen atoms in total. The van der Waals surface area contributed by atoms with E-state index in [1.54, 1.807) is 11.1 Å². The highest BCUT2D eigenvalue weighted by molar-refractivity contribution is 5.83. The second-order valence-electron chi connectivity index (χ2n) is 7.39. The Morgan fingerprint density at radius 3 is 2.39 bits per heavy atom. The molecule has 1 aliphatic rings. The van der Waals surface area contributed by atoms with Gasteiger partial charge in [-0.1, -0.05) is 68.5 Å². The molecule has 1 N–H and O–H groups in total. The molecular weight excluding hydrogens is 338 g/mol. The summed E-state index contributed by atoms with van der Waals surface area (Å²) < 4.78 is 0. The van der Waals surface area contributed by atoms with Gasteiger partial charge < -0.3 is 5.32 Å². The fourth-order valence-corrected chi connectivity index (χ4v) is 4.21. The van der Waals surface area contributed by atoms with E-state index in [0.29, 0.717) is 0 Å². The minimum atomic E-state index is 0.984. The van der Waals surface area contributed by atoms with E-state index in [1.807, 2.05) is 20.9 Å². The van der Waals surface area contributed by atoms with Crippen LogP contribution in [0.3, 0.4) is 0 Å². The van der Waals surface area contributed by atoms with Gasteiger partial charge in [0.2, 0.25) is 0 Å². The maximum atomic E-state index is 3.19. The molecule has 3 aromatic rings. The Labute approximate surface area is 169 Å². The highest BCUT2D eigenvalue weighted by Gasteiger charge is 2.11. The molecule has 3 aromatic carbocycles. The van der Waals surface area contributed by atoms with Crippen LogP contribution in [0.2, 0.25) is 0 Å². The lowest BCUT2D eigenvalue weighted by molar-refractivity contribution is 0.684. The summed E-state index contributed by atoms with van der Waals surface area (Å²) >= 11 is 0. The molecule has 0 saturated heterocycles. The smallest absolute Gasteiger partial charge is 0.00413 e. The van der Waals surface area contributed by atoms with Gasteiger partial charge >= 0.3 is 0 Å². The van der Waals surface area contributed by atoms with Crippen molar-refractivity contribution in [3.63, 3.8) is 0 Å². The van der Waals surface area contributed by atoms with Gasteiger partial charge in [0.25, 0.3) is 0 Å². The molecule has 0 spiro atoms. The van der Waals surface area contributed by atoms with Crippen LogP contribution < -0.4 is 15.8 Å². The first-order valence-electron chi connectivity index (χ1n) is 10.7. The molecule has 0 radical (unpaired) electrons. The molecule has 0 atom stereocenters. The monoisotopic (exact) mass is 371 g/mol. The topological polar surface area (TPSA) is 12.0 Å². The van der Waals surface area contributed by atoms with Gasteiger partial charge in [0, 0.05) is 13.2 Å². The van der Waals surface area contributed by atoms with Crippen molar-refractivity contribution in [3.05, 3.63) is 81.2 Å². The standard InChI is InChI=1S/C25H27N.C2H6/c1-18-15-21-8-3-4-9-22(21)16-20(18)13-14-25-23(17-26-2)12-11-19-7-5-6-10-24(19)25;1-2/h5-7,10-12,14-17,26H,3-4,8-9,13H2,1-2H3;1-2H3/b23-17-,25-14+;.